The first-order valence-corrected chi connectivity index (χ1v) is 4.09. The molecule has 3 aliphatic rings. The van der Waals surface area contributed by atoms with E-state index in [4.69, 9.17) is 4.74 Å². The van der Waals surface area contributed by atoms with Gasteiger partial charge in [0.15, 0.2) is 0 Å². The van der Waals surface area contributed by atoms with Gasteiger partial charge in [0.2, 0.25) is 5.91 Å². The summed E-state index contributed by atoms with van der Waals surface area (Å²) in [5, 5.41) is 2.80. The molecule has 0 aromatic rings. The zero-order chi connectivity index (χ0) is 7.90. The van der Waals surface area contributed by atoms with Crippen LogP contribution in [0.5, 0.6) is 0 Å². The van der Waals surface area contributed by atoms with Gasteiger partial charge >= 0.3 is 0 Å². The number of hydrogen-bond acceptors (Lipinski definition) is 2. The number of ether oxygens (including phenoxy) is 1. The van der Waals surface area contributed by atoms with Gasteiger partial charge in [0, 0.05) is 13.5 Å². The molecule has 3 heteroatoms. The van der Waals surface area contributed by atoms with Gasteiger partial charge in [0.1, 0.15) is 0 Å². The van der Waals surface area contributed by atoms with Crippen LogP contribution in [-0.4, -0.2) is 24.7 Å². The van der Waals surface area contributed by atoms with Crippen LogP contribution in [0.25, 0.3) is 0 Å². The second-order valence-corrected chi connectivity index (χ2v) is 3.68. The summed E-state index contributed by atoms with van der Waals surface area (Å²) in [5.41, 5.74) is 0.0380. The average molecular weight is 155 g/mol. The number of amides is 1. The van der Waals surface area contributed by atoms with Crippen molar-refractivity contribution in [3.05, 3.63) is 0 Å². The predicted octanol–water partition coefficient (Wildman–Crippen LogP) is 0.301. The first kappa shape index (κ1) is 7.10. The molecule has 0 aromatic carbocycles. The van der Waals surface area contributed by atoms with Crippen LogP contribution >= 0.6 is 0 Å². The molecule has 2 bridgehead atoms. The van der Waals surface area contributed by atoms with Gasteiger partial charge < -0.3 is 10.1 Å². The SMILES string of the molecule is CC(=O)NCC12CC(CO1)C2. The zero-order valence-corrected chi connectivity index (χ0v) is 6.72. The lowest BCUT2D eigenvalue weighted by molar-refractivity contribution is -0.120. The summed E-state index contributed by atoms with van der Waals surface area (Å²) in [4.78, 5) is 10.6. The summed E-state index contributed by atoms with van der Waals surface area (Å²) < 4.78 is 5.55. The Bertz CT molecular complexity index is 179. The lowest BCUT2D eigenvalue weighted by Gasteiger charge is -2.35. The van der Waals surface area contributed by atoms with Gasteiger partial charge in [-0.2, -0.15) is 0 Å². The number of hydrogen-bond donors (Lipinski definition) is 1. The van der Waals surface area contributed by atoms with Crippen molar-refractivity contribution in [2.75, 3.05) is 13.2 Å². The summed E-state index contributed by atoms with van der Waals surface area (Å²) in [6.07, 6.45) is 2.29. The molecule has 1 aliphatic carbocycles. The molecule has 2 heterocycles. The third kappa shape index (κ3) is 1.13. The smallest absolute Gasteiger partial charge is 0.216 e. The maximum atomic E-state index is 10.6. The Balaban J connectivity index is 1.82. The van der Waals surface area contributed by atoms with E-state index in [0.717, 1.165) is 25.4 Å². The Hall–Kier alpha value is -0.570. The lowest BCUT2D eigenvalue weighted by atomic mass is 9.74. The number of fused-ring (bicyclic) bond motifs is 1. The Labute approximate surface area is 66.1 Å². The summed E-state index contributed by atoms with van der Waals surface area (Å²) >= 11 is 0. The second kappa shape index (κ2) is 2.21. The minimum absolute atomic E-state index is 0.0380. The van der Waals surface area contributed by atoms with Crippen molar-refractivity contribution in [2.24, 2.45) is 5.92 Å². The van der Waals surface area contributed by atoms with Crippen LogP contribution < -0.4 is 5.32 Å². The largest absolute Gasteiger partial charge is 0.373 e. The van der Waals surface area contributed by atoms with E-state index in [1.54, 1.807) is 6.92 Å². The summed E-state index contributed by atoms with van der Waals surface area (Å²) in [7, 11) is 0. The average Bonchev–Trinajstić information content (AvgIpc) is 2.38. The molecule has 3 rings (SSSR count). The van der Waals surface area contributed by atoms with E-state index in [2.05, 4.69) is 5.32 Å². The molecule has 0 radical (unpaired) electrons. The van der Waals surface area contributed by atoms with Crippen LogP contribution in [0.2, 0.25) is 0 Å². The molecule has 11 heavy (non-hydrogen) atoms. The van der Waals surface area contributed by atoms with Crippen molar-refractivity contribution < 1.29 is 9.53 Å². The lowest BCUT2D eigenvalue weighted by Crippen LogP contribution is -2.46. The van der Waals surface area contributed by atoms with Gasteiger partial charge in [-0.1, -0.05) is 0 Å². The summed E-state index contributed by atoms with van der Waals surface area (Å²) in [5.74, 6) is 0.821. The highest BCUT2D eigenvalue weighted by Crippen LogP contribution is 2.47. The molecule has 2 saturated heterocycles. The van der Waals surface area contributed by atoms with Crippen molar-refractivity contribution in [3.63, 3.8) is 0 Å². The fourth-order valence-corrected chi connectivity index (χ4v) is 2.00. The van der Waals surface area contributed by atoms with E-state index in [-0.39, 0.29) is 11.5 Å². The van der Waals surface area contributed by atoms with Gasteiger partial charge in [0.05, 0.1) is 12.2 Å². The van der Waals surface area contributed by atoms with Crippen LogP contribution in [0, 0.1) is 5.92 Å². The highest BCUT2D eigenvalue weighted by atomic mass is 16.5. The minimum atomic E-state index is 0.0380. The highest BCUT2D eigenvalue weighted by Gasteiger charge is 2.51. The minimum Gasteiger partial charge on any atom is -0.373 e. The van der Waals surface area contributed by atoms with Crippen LogP contribution in [0.4, 0.5) is 0 Å². The molecule has 3 nitrogen and oxygen atoms in total. The molecule has 1 saturated carbocycles. The Morgan fingerprint density at radius 1 is 1.73 bits per heavy atom. The maximum Gasteiger partial charge on any atom is 0.216 e. The molecule has 2 aliphatic heterocycles. The van der Waals surface area contributed by atoms with Gasteiger partial charge in [-0.25, -0.2) is 0 Å². The second-order valence-electron chi connectivity index (χ2n) is 3.68. The molecule has 0 unspecified atom stereocenters. The number of carbonyl (C=O) groups excluding carboxylic acids is 1. The quantitative estimate of drug-likeness (QED) is 0.623. The van der Waals surface area contributed by atoms with Gasteiger partial charge in [-0.15, -0.1) is 0 Å². The molecule has 1 N–H and O–H groups in total. The topological polar surface area (TPSA) is 38.3 Å². The van der Waals surface area contributed by atoms with E-state index in [1.807, 2.05) is 0 Å². The molecule has 1 amide bonds. The molecular weight excluding hydrogens is 142 g/mol. The standard InChI is InChI=1S/C8H13NO2/c1-6(10)9-5-8-2-7(3-8)4-11-8/h7H,2-5H2,1H3,(H,9,10). The number of carbonyl (C=O) groups is 1. The molecule has 0 atom stereocenters. The molecular formula is C8H13NO2. The van der Waals surface area contributed by atoms with Gasteiger partial charge in [-0.05, 0) is 18.8 Å². The van der Waals surface area contributed by atoms with Crippen molar-refractivity contribution >= 4 is 5.91 Å². The van der Waals surface area contributed by atoms with Crippen LogP contribution in [0.1, 0.15) is 19.8 Å². The van der Waals surface area contributed by atoms with E-state index in [1.165, 1.54) is 0 Å². The van der Waals surface area contributed by atoms with Crippen LogP contribution in [0.3, 0.4) is 0 Å². The van der Waals surface area contributed by atoms with Crippen LogP contribution in [0.15, 0.2) is 0 Å². The molecule has 0 aromatic heterocycles. The van der Waals surface area contributed by atoms with E-state index < -0.39 is 0 Å². The van der Waals surface area contributed by atoms with Gasteiger partial charge in [-0.3, -0.25) is 4.79 Å². The normalized spacial score (nSPS) is 39.9. The van der Waals surface area contributed by atoms with Crippen molar-refractivity contribution in [1.82, 2.24) is 5.32 Å². The third-order valence-electron chi connectivity index (χ3n) is 2.61. The van der Waals surface area contributed by atoms with E-state index in [0.29, 0.717) is 6.54 Å². The monoisotopic (exact) mass is 155 g/mol. The fraction of sp³-hybridized carbons (Fsp3) is 0.875. The van der Waals surface area contributed by atoms with E-state index in [9.17, 15) is 4.79 Å². The first-order chi connectivity index (χ1) is 5.20. The number of rotatable bonds is 2. The Morgan fingerprint density at radius 2 is 2.45 bits per heavy atom. The predicted molar refractivity (Wildman–Crippen MR) is 40.1 cm³/mol. The van der Waals surface area contributed by atoms with Gasteiger partial charge in [0.25, 0.3) is 0 Å². The van der Waals surface area contributed by atoms with Crippen molar-refractivity contribution in [3.8, 4) is 0 Å². The maximum absolute atomic E-state index is 10.6. The van der Waals surface area contributed by atoms with E-state index >= 15 is 0 Å². The Kier molecular flexibility index (Phi) is 1.42. The van der Waals surface area contributed by atoms with Crippen LogP contribution in [-0.2, 0) is 9.53 Å². The summed E-state index contributed by atoms with van der Waals surface area (Å²) in [6.45, 7) is 3.15. The van der Waals surface area contributed by atoms with Crippen molar-refractivity contribution in [2.45, 2.75) is 25.4 Å². The molecule has 3 fully saturated rings. The fourth-order valence-electron chi connectivity index (χ4n) is 2.00. The summed E-state index contributed by atoms with van der Waals surface area (Å²) in [6, 6.07) is 0. The highest BCUT2D eigenvalue weighted by molar-refractivity contribution is 5.72. The zero-order valence-electron chi connectivity index (χ0n) is 6.72. The molecule has 62 valence electrons. The first-order valence-electron chi connectivity index (χ1n) is 4.09. The third-order valence-corrected chi connectivity index (χ3v) is 2.61. The Morgan fingerprint density at radius 3 is 2.91 bits per heavy atom. The molecule has 0 spiro atoms. The van der Waals surface area contributed by atoms with Crippen molar-refractivity contribution in [1.29, 1.82) is 0 Å². The number of nitrogens with one attached hydrogen (secondary N) is 1.